The van der Waals surface area contributed by atoms with Gasteiger partial charge in [-0.25, -0.2) is 23.9 Å². The van der Waals surface area contributed by atoms with Gasteiger partial charge in [0.05, 0.1) is 35.2 Å². The predicted octanol–water partition coefficient (Wildman–Crippen LogP) is 6.39. The maximum Gasteiger partial charge on any atom is 0.407 e. The van der Waals surface area contributed by atoms with Gasteiger partial charge < -0.3 is 15.8 Å². The van der Waals surface area contributed by atoms with Crippen LogP contribution in [-0.4, -0.2) is 70.1 Å². The Kier molecular flexibility index (Phi) is 9.29. The first-order chi connectivity index (χ1) is 24.0. The lowest BCUT2D eigenvalue weighted by atomic mass is 9.75. The summed E-state index contributed by atoms with van der Waals surface area (Å²) >= 11 is 6.36. The number of halogens is 6. The van der Waals surface area contributed by atoms with Gasteiger partial charge in [-0.1, -0.05) is 62.7 Å². The number of hydrogen-bond acceptors (Lipinski definition) is 9. The highest BCUT2D eigenvalue weighted by molar-refractivity contribution is 6.33. The molecule has 0 bridgehead atoms. The second-order valence-electron chi connectivity index (χ2n) is 13.5. The monoisotopic (exact) mass is 733 g/mol. The van der Waals surface area contributed by atoms with Crippen LogP contribution in [0.2, 0.25) is 5.02 Å². The third kappa shape index (κ3) is 7.25. The minimum absolute atomic E-state index is 0.110. The molecule has 0 saturated heterocycles. The fourth-order valence-corrected chi connectivity index (χ4v) is 6.24. The Balaban J connectivity index is 1.39. The van der Waals surface area contributed by atoms with E-state index in [1.165, 1.54) is 30.6 Å². The van der Waals surface area contributed by atoms with Gasteiger partial charge in [0, 0.05) is 18.2 Å². The van der Waals surface area contributed by atoms with Crippen molar-refractivity contribution in [3.8, 4) is 11.1 Å². The molecule has 0 unspecified atom stereocenters. The number of amides is 2. The summed E-state index contributed by atoms with van der Waals surface area (Å²) in [5.74, 6) is -0.866. The number of nitrogens with two attached hydrogens (primary N) is 1. The van der Waals surface area contributed by atoms with Crippen LogP contribution in [-0.2, 0) is 15.1 Å². The van der Waals surface area contributed by atoms with E-state index >= 15 is 0 Å². The summed E-state index contributed by atoms with van der Waals surface area (Å²) in [6, 6.07) is 4.98. The SMILES string of the molecule is CC(C)(C)C[C@]1(c2ccc(-c3cnn(C(F)F)c3)cc2)N=C(N)N([C@H](COC(=O)N[C@@H]2C[C@@H]2F)c2ccc(Cl)c(N3N=CN=CC3(F)F)c2)C1=O. The molecule has 3 aromatic rings. The number of carbonyl (C=O) groups is 2. The molecule has 3 heterocycles. The Morgan fingerprint density at radius 3 is 2.47 bits per heavy atom. The van der Waals surface area contributed by atoms with E-state index in [1.54, 1.807) is 24.3 Å². The number of ether oxygens (including phenoxy) is 1. The van der Waals surface area contributed by atoms with Gasteiger partial charge in [0.1, 0.15) is 19.1 Å². The van der Waals surface area contributed by atoms with Crippen LogP contribution < -0.4 is 16.1 Å². The van der Waals surface area contributed by atoms with Crippen LogP contribution in [0.4, 0.5) is 32.4 Å². The molecule has 2 amide bonds. The molecule has 6 rings (SSSR count). The average molecular weight is 734 g/mol. The summed E-state index contributed by atoms with van der Waals surface area (Å²) in [6.45, 7) is 2.34. The Labute approximate surface area is 293 Å². The molecular formula is C33H33ClF5N9O3. The van der Waals surface area contributed by atoms with Crippen LogP contribution in [0, 0.1) is 5.41 Å². The van der Waals surface area contributed by atoms with Crippen molar-refractivity contribution in [1.82, 2.24) is 20.0 Å². The zero-order valence-electron chi connectivity index (χ0n) is 27.5. The maximum absolute atomic E-state index is 14.9. The largest absolute Gasteiger partial charge is 0.447 e. The molecule has 1 aliphatic carbocycles. The summed E-state index contributed by atoms with van der Waals surface area (Å²) in [5.41, 5.74) is 5.73. The second-order valence-corrected chi connectivity index (χ2v) is 14.0. The second kappa shape index (κ2) is 13.2. The number of benzene rings is 2. The number of nitrogens with zero attached hydrogens (tertiary/aromatic N) is 7. The Hall–Kier alpha value is -5.06. The van der Waals surface area contributed by atoms with E-state index in [0.717, 1.165) is 11.2 Å². The number of guanidine groups is 1. The molecule has 0 spiro atoms. The molecule has 1 saturated carbocycles. The third-order valence-corrected chi connectivity index (χ3v) is 8.76. The quantitative estimate of drug-likeness (QED) is 0.183. The number of hydrazone groups is 1. The van der Waals surface area contributed by atoms with Crippen molar-refractivity contribution in [3.63, 3.8) is 0 Å². The van der Waals surface area contributed by atoms with Gasteiger partial charge in [-0.3, -0.25) is 9.69 Å². The summed E-state index contributed by atoms with van der Waals surface area (Å²) in [5, 5.41) is 9.99. The van der Waals surface area contributed by atoms with Crippen LogP contribution in [0.3, 0.4) is 0 Å². The van der Waals surface area contributed by atoms with Gasteiger partial charge >= 0.3 is 18.7 Å². The van der Waals surface area contributed by atoms with Crippen molar-refractivity contribution in [1.29, 1.82) is 0 Å². The first-order valence-electron chi connectivity index (χ1n) is 15.7. The van der Waals surface area contributed by atoms with Crippen molar-refractivity contribution in [3.05, 3.63) is 71.0 Å². The van der Waals surface area contributed by atoms with E-state index in [9.17, 15) is 31.5 Å². The molecule has 0 radical (unpaired) electrons. The summed E-state index contributed by atoms with van der Waals surface area (Å²) < 4.78 is 75.6. The van der Waals surface area contributed by atoms with Crippen LogP contribution in [0.1, 0.15) is 57.3 Å². The third-order valence-electron chi connectivity index (χ3n) is 8.44. The molecule has 51 heavy (non-hydrogen) atoms. The molecule has 3 aliphatic rings. The Bertz CT molecular complexity index is 1910. The van der Waals surface area contributed by atoms with Crippen LogP contribution >= 0.6 is 11.6 Å². The minimum atomic E-state index is -3.66. The highest BCUT2D eigenvalue weighted by Crippen LogP contribution is 2.46. The van der Waals surface area contributed by atoms with Crippen LogP contribution in [0.15, 0.2) is 69.9 Å². The lowest BCUT2D eigenvalue weighted by Crippen LogP contribution is -2.47. The van der Waals surface area contributed by atoms with Gasteiger partial charge in [0.15, 0.2) is 11.5 Å². The molecular weight excluding hydrogens is 701 g/mol. The van der Waals surface area contributed by atoms with E-state index in [2.05, 4.69) is 20.5 Å². The van der Waals surface area contributed by atoms with E-state index < -0.39 is 60.4 Å². The number of alkyl carbamates (subject to hydrolysis) is 1. The fraction of sp³-hybridized carbons (Fsp3) is 0.394. The molecule has 18 heteroatoms. The molecule has 2 aromatic carbocycles. The first-order valence-corrected chi connectivity index (χ1v) is 16.1. The topological polar surface area (TPSA) is 143 Å². The Morgan fingerprint density at radius 2 is 1.86 bits per heavy atom. The lowest BCUT2D eigenvalue weighted by molar-refractivity contribution is -0.135. The molecule has 3 N–H and O–H groups in total. The zero-order valence-corrected chi connectivity index (χ0v) is 28.2. The highest BCUT2D eigenvalue weighted by Gasteiger charge is 2.53. The van der Waals surface area contributed by atoms with Crippen molar-refractivity contribution in [2.24, 2.45) is 26.2 Å². The number of aromatic nitrogens is 2. The normalized spacial score (nSPS) is 23.1. The van der Waals surface area contributed by atoms with Crippen molar-refractivity contribution in [2.75, 3.05) is 11.6 Å². The molecule has 2 aliphatic heterocycles. The summed E-state index contributed by atoms with van der Waals surface area (Å²) in [7, 11) is 0. The van der Waals surface area contributed by atoms with Gasteiger partial charge in [-0.2, -0.15) is 32.8 Å². The number of carbonyl (C=O) groups excluding carboxylic acids is 2. The molecule has 4 atom stereocenters. The minimum Gasteiger partial charge on any atom is -0.447 e. The van der Waals surface area contributed by atoms with E-state index in [4.69, 9.17) is 27.1 Å². The number of aliphatic imine (C=N–C) groups is 2. The predicted molar refractivity (Wildman–Crippen MR) is 180 cm³/mol. The molecule has 1 aromatic heterocycles. The lowest BCUT2D eigenvalue weighted by Gasteiger charge is -2.35. The van der Waals surface area contributed by atoms with E-state index in [-0.39, 0.29) is 35.1 Å². The standard InChI is InChI=1S/C33H33ClF5N9O3/c1-31(2,3)15-32(21-7-4-18(5-8-21)20-12-42-46(13-20)28(36)37)27(49)47(29(40)45-32)26(14-51-30(50)44-24-11-23(24)35)19-6-9-22(34)25(10-19)48-33(38,39)16-41-17-43-48/h4-10,12-13,16-17,23-24,26,28H,11,14-15H2,1-3H3,(H2,40,45)(H,44,50)/t23-,24+,26+,32+/m0/s1. The van der Waals surface area contributed by atoms with Crippen molar-refractivity contribution in [2.45, 2.75) is 70.0 Å². The maximum atomic E-state index is 14.9. The van der Waals surface area contributed by atoms with Crippen LogP contribution in [0.25, 0.3) is 11.1 Å². The van der Waals surface area contributed by atoms with Gasteiger partial charge in [-0.15, -0.1) is 0 Å². The molecule has 1 fully saturated rings. The molecule has 270 valence electrons. The zero-order chi connectivity index (χ0) is 36.9. The smallest absolute Gasteiger partial charge is 0.407 e. The fourth-order valence-electron chi connectivity index (χ4n) is 6.05. The number of alkyl halides is 5. The van der Waals surface area contributed by atoms with Crippen LogP contribution in [0.5, 0.6) is 0 Å². The summed E-state index contributed by atoms with van der Waals surface area (Å²) in [6.07, 6.45) is 1.88. The van der Waals surface area contributed by atoms with E-state index in [1.807, 2.05) is 20.8 Å². The summed E-state index contributed by atoms with van der Waals surface area (Å²) in [4.78, 5) is 36.7. The van der Waals surface area contributed by atoms with E-state index in [0.29, 0.717) is 32.6 Å². The van der Waals surface area contributed by atoms with Crippen molar-refractivity contribution >= 4 is 47.8 Å². The highest BCUT2D eigenvalue weighted by atomic mass is 35.5. The van der Waals surface area contributed by atoms with Gasteiger partial charge in [0.25, 0.3) is 5.91 Å². The average Bonchev–Trinajstić information content (AvgIpc) is 3.42. The first kappa shape index (κ1) is 35.8. The number of anilines is 1. The Morgan fingerprint density at radius 1 is 1.16 bits per heavy atom. The number of nitrogens with one attached hydrogen (secondary N) is 1. The number of rotatable bonds is 10. The van der Waals surface area contributed by atoms with Gasteiger partial charge in [0.2, 0.25) is 0 Å². The number of hydrogen-bond donors (Lipinski definition) is 2. The van der Waals surface area contributed by atoms with Gasteiger partial charge in [-0.05, 0) is 40.7 Å². The molecule has 12 nitrogen and oxygen atoms in total. The van der Waals surface area contributed by atoms with Crippen molar-refractivity contribution < 1.29 is 36.3 Å².